The highest BCUT2D eigenvalue weighted by Gasteiger charge is 2.08. The van der Waals surface area contributed by atoms with Crippen molar-refractivity contribution in [2.45, 2.75) is 20.8 Å². The first kappa shape index (κ1) is 10.5. The molecule has 0 aliphatic heterocycles. The van der Waals surface area contributed by atoms with Crippen LogP contribution in [0.1, 0.15) is 22.3 Å². The number of carbonyl (C=O) groups excluding carboxylic acids is 1. The maximum atomic E-state index is 10.7. The van der Waals surface area contributed by atoms with Gasteiger partial charge in [-0.25, -0.2) is 0 Å². The molecule has 0 atom stereocenters. The second kappa shape index (κ2) is 4.09. The van der Waals surface area contributed by atoms with Crippen LogP contribution in [-0.4, -0.2) is 11.4 Å². The van der Waals surface area contributed by atoms with Crippen LogP contribution in [0.4, 0.5) is 0 Å². The van der Waals surface area contributed by atoms with Crippen molar-refractivity contribution in [2.24, 2.45) is 0 Å². The highest BCUT2D eigenvalue weighted by atomic mass is 16.2. The van der Waals surface area contributed by atoms with Crippen LogP contribution in [0.3, 0.4) is 0 Å². The number of allylic oxidation sites excluding steroid dienone is 1. The third-order valence-corrected chi connectivity index (χ3v) is 2.23. The van der Waals surface area contributed by atoms with E-state index in [1.54, 1.807) is 0 Å². The molecule has 0 spiro atoms. The maximum absolute atomic E-state index is 10.7. The van der Waals surface area contributed by atoms with E-state index < -0.39 is 0 Å². The smallest absolute Gasteiger partial charge is 0.153 e. The summed E-state index contributed by atoms with van der Waals surface area (Å²) < 4.78 is 0. The van der Waals surface area contributed by atoms with Crippen LogP contribution in [0.15, 0.2) is 18.4 Å². The van der Waals surface area contributed by atoms with E-state index in [-0.39, 0.29) is 0 Å². The molecule has 0 aliphatic carbocycles. The Morgan fingerprint density at radius 3 is 2.07 bits per heavy atom. The standard InChI is InChI=1S/C12H14O2/c1-8-4-9(2)12(10(3)5-8)11(6-13)7-14/h4-7,13H,1-3H3. The minimum Gasteiger partial charge on any atom is -0.515 e. The van der Waals surface area contributed by atoms with E-state index in [2.05, 4.69) is 0 Å². The molecule has 0 aliphatic rings. The van der Waals surface area contributed by atoms with Gasteiger partial charge in [-0.05, 0) is 37.5 Å². The van der Waals surface area contributed by atoms with Crippen molar-refractivity contribution in [1.82, 2.24) is 0 Å². The Morgan fingerprint density at radius 2 is 1.71 bits per heavy atom. The van der Waals surface area contributed by atoms with E-state index in [0.717, 1.165) is 28.5 Å². The molecule has 0 bridgehead atoms. The van der Waals surface area contributed by atoms with Gasteiger partial charge in [-0.15, -0.1) is 0 Å². The molecule has 1 rings (SSSR count). The van der Waals surface area contributed by atoms with Gasteiger partial charge in [-0.2, -0.15) is 0 Å². The molecule has 74 valence electrons. The summed E-state index contributed by atoms with van der Waals surface area (Å²) in [6.45, 7) is 5.87. The van der Waals surface area contributed by atoms with E-state index in [4.69, 9.17) is 5.11 Å². The number of aryl methyl sites for hydroxylation is 3. The monoisotopic (exact) mass is 190 g/mol. The number of aldehydes is 1. The average Bonchev–Trinajstić information content (AvgIpc) is 2.10. The van der Waals surface area contributed by atoms with Crippen molar-refractivity contribution < 1.29 is 9.90 Å². The van der Waals surface area contributed by atoms with Gasteiger partial charge in [0.25, 0.3) is 0 Å². The first-order valence-electron chi connectivity index (χ1n) is 4.48. The zero-order valence-electron chi connectivity index (χ0n) is 8.66. The highest BCUT2D eigenvalue weighted by Crippen LogP contribution is 2.22. The Balaban J connectivity index is 3.41. The summed E-state index contributed by atoms with van der Waals surface area (Å²) in [6.07, 6.45) is 1.53. The van der Waals surface area contributed by atoms with Gasteiger partial charge in [0.15, 0.2) is 6.29 Å². The summed E-state index contributed by atoms with van der Waals surface area (Å²) in [5.74, 6) is 0. The van der Waals surface area contributed by atoms with E-state index >= 15 is 0 Å². The second-order valence-corrected chi connectivity index (χ2v) is 3.48. The lowest BCUT2D eigenvalue weighted by molar-refractivity contribution is -0.103. The number of rotatable bonds is 2. The molecule has 14 heavy (non-hydrogen) atoms. The van der Waals surface area contributed by atoms with Crippen molar-refractivity contribution in [1.29, 1.82) is 0 Å². The Bertz CT molecular complexity index is 366. The molecular weight excluding hydrogens is 176 g/mol. The van der Waals surface area contributed by atoms with E-state index in [1.807, 2.05) is 32.9 Å². The van der Waals surface area contributed by atoms with Gasteiger partial charge in [-0.3, -0.25) is 4.79 Å². The number of carbonyl (C=O) groups is 1. The molecule has 0 saturated heterocycles. The van der Waals surface area contributed by atoms with Crippen LogP contribution >= 0.6 is 0 Å². The third kappa shape index (κ3) is 1.84. The van der Waals surface area contributed by atoms with E-state index in [1.165, 1.54) is 0 Å². The van der Waals surface area contributed by atoms with Crippen molar-refractivity contribution >= 4 is 11.9 Å². The van der Waals surface area contributed by atoms with Crippen molar-refractivity contribution in [3.05, 3.63) is 40.6 Å². The summed E-state index contributed by atoms with van der Waals surface area (Å²) in [5.41, 5.74) is 4.34. The minimum atomic E-state index is 0.333. The summed E-state index contributed by atoms with van der Waals surface area (Å²) in [5, 5.41) is 8.90. The molecule has 0 aromatic heterocycles. The molecule has 1 N–H and O–H groups in total. The Morgan fingerprint density at radius 1 is 1.21 bits per heavy atom. The summed E-state index contributed by atoms with van der Waals surface area (Å²) in [7, 11) is 0. The lowest BCUT2D eigenvalue weighted by Gasteiger charge is -2.09. The fourth-order valence-electron chi connectivity index (χ4n) is 1.79. The first-order chi connectivity index (χ1) is 6.60. The molecule has 0 unspecified atom stereocenters. The molecule has 2 heteroatoms. The molecule has 1 aromatic carbocycles. The van der Waals surface area contributed by atoms with Crippen LogP contribution in [0.25, 0.3) is 5.57 Å². The summed E-state index contributed by atoms with van der Waals surface area (Å²) >= 11 is 0. The van der Waals surface area contributed by atoms with Gasteiger partial charge >= 0.3 is 0 Å². The van der Waals surface area contributed by atoms with Crippen LogP contribution in [0.5, 0.6) is 0 Å². The molecular formula is C12H14O2. The second-order valence-electron chi connectivity index (χ2n) is 3.48. The largest absolute Gasteiger partial charge is 0.515 e. The number of aliphatic hydroxyl groups is 1. The zero-order chi connectivity index (χ0) is 10.7. The number of hydrogen-bond donors (Lipinski definition) is 1. The van der Waals surface area contributed by atoms with Crippen LogP contribution in [0.2, 0.25) is 0 Å². The average molecular weight is 190 g/mol. The SMILES string of the molecule is Cc1cc(C)c(C(C=O)=CO)c(C)c1. The van der Waals surface area contributed by atoms with Gasteiger partial charge in [-0.1, -0.05) is 17.7 Å². The molecule has 0 amide bonds. The number of hydrogen-bond acceptors (Lipinski definition) is 2. The van der Waals surface area contributed by atoms with Crippen LogP contribution < -0.4 is 0 Å². The van der Waals surface area contributed by atoms with Gasteiger partial charge < -0.3 is 5.11 Å². The van der Waals surface area contributed by atoms with Gasteiger partial charge in [0.2, 0.25) is 0 Å². The number of aliphatic hydroxyl groups excluding tert-OH is 1. The lowest BCUT2D eigenvalue weighted by atomic mass is 9.95. The normalized spacial score (nSPS) is 11.5. The first-order valence-corrected chi connectivity index (χ1v) is 4.48. The zero-order valence-corrected chi connectivity index (χ0v) is 8.66. The topological polar surface area (TPSA) is 37.3 Å². The Kier molecular flexibility index (Phi) is 3.07. The lowest BCUT2D eigenvalue weighted by Crippen LogP contribution is -1.95. The van der Waals surface area contributed by atoms with Gasteiger partial charge in [0, 0.05) is 0 Å². The fraction of sp³-hybridized carbons (Fsp3) is 0.250. The maximum Gasteiger partial charge on any atom is 0.153 e. The number of benzene rings is 1. The quantitative estimate of drug-likeness (QED) is 0.442. The molecule has 0 fully saturated rings. The molecule has 2 nitrogen and oxygen atoms in total. The van der Waals surface area contributed by atoms with Gasteiger partial charge in [0.05, 0.1) is 11.8 Å². The van der Waals surface area contributed by atoms with E-state index in [9.17, 15) is 4.79 Å². The fourth-order valence-corrected chi connectivity index (χ4v) is 1.79. The summed E-state index contributed by atoms with van der Waals surface area (Å²) in [6, 6.07) is 3.99. The molecule has 0 saturated carbocycles. The Labute approximate surface area is 83.9 Å². The van der Waals surface area contributed by atoms with Crippen molar-refractivity contribution in [3.63, 3.8) is 0 Å². The third-order valence-electron chi connectivity index (χ3n) is 2.23. The Hall–Kier alpha value is -1.57. The van der Waals surface area contributed by atoms with Crippen molar-refractivity contribution in [3.8, 4) is 0 Å². The van der Waals surface area contributed by atoms with Crippen LogP contribution in [0, 0.1) is 20.8 Å². The molecule has 1 aromatic rings. The molecule has 0 heterocycles. The molecule has 0 radical (unpaired) electrons. The van der Waals surface area contributed by atoms with Crippen molar-refractivity contribution in [2.75, 3.05) is 0 Å². The minimum absolute atomic E-state index is 0.333. The summed E-state index contributed by atoms with van der Waals surface area (Å²) in [4.78, 5) is 10.7. The predicted molar refractivity (Wildman–Crippen MR) is 57.3 cm³/mol. The predicted octanol–water partition coefficient (Wildman–Crippen LogP) is 2.71. The van der Waals surface area contributed by atoms with Gasteiger partial charge in [0.1, 0.15) is 0 Å². The highest BCUT2D eigenvalue weighted by molar-refractivity contribution is 6.07. The van der Waals surface area contributed by atoms with E-state index in [0.29, 0.717) is 11.9 Å². The van der Waals surface area contributed by atoms with Crippen LogP contribution in [-0.2, 0) is 4.79 Å².